The van der Waals surface area contributed by atoms with Crippen molar-refractivity contribution in [1.82, 2.24) is 5.32 Å². The molecular weight excluding hydrogens is 244 g/mol. The first kappa shape index (κ1) is 13.6. The highest BCUT2D eigenvalue weighted by atomic mass is 32.1. The van der Waals surface area contributed by atoms with E-state index >= 15 is 0 Å². The van der Waals surface area contributed by atoms with E-state index in [1.54, 1.807) is 11.3 Å². The van der Waals surface area contributed by atoms with Crippen molar-refractivity contribution >= 4 is 17.2 Å². The van der Waals surface area contributed by atoms with Crippen molar-refractivity contribution in [3.8, 4) is 0 Å². The van der Waals surface area contributed by atoms with Gasteiger partial charge in [-0.2, -0.15) is 0 Å². The molecule has 0 aliphatic heterocycles. The number of nitrogens with two attached hydrogens (primary N) is 1. The molecule has 0 radical (unpaired) electrons. The maximum absolute atomic E-state index is 12.0. The van der Waals surface area contributed by atoms with Gasteiger partial charge in [0.1, 0.15) is 0 Å². The van der Waals surface area contributed by atoms with E-state index in [0.717, 1.165) is 12.8 Å². The van der Waals surface area contributed by atoms with Crippen molar-refractivity contribution in [2.45, 2.75) is 45.1 Å². The second-order valence-corrected chi connectivity index (χ2v) is 6.33. The van der Waals surface area contributed by atoms with E-state index in [9.17, 15) is 4.79 Å². The van der Waals surface area contributed by atoms with Crippen LogP contribution in [0, 0.1) is 5.41 Å². The summed E-state index contributed by atoms with van der Waals surface area (Å²) >= 11 is 1.68. The summed E-state index contributed by atoms with van der Waals surface area (Å²) in [5.41, 5.74) is 5.97. The molecule has 0 atom stereocenters. The molecule has 1 aromatic rings. The molecule has 100 valence electrons. The van der Waals surface area contributed by atoms with E-state index in [0.29, 0.717) is 19.5 Å². The van der Waals surface area contributed by atoms with Crippen LogP contribution in [-0.2, 0) is 11.3 Å². The fraction of sp³-hybridized carbons (Fsp3) is 0.643. The molecule has 0 spiro atoms. The molecule has 1 saturated carbocycles. The van der Waals surface area contributed by atoms with Crippen LogP contribution in [0.1, 0.15) is 43.4 Å². The summed E-state index contributed by atoms with van der Waals surface area (Å²) in [6.07, 6.45) is 6.53. The second-order valence-electron chi connectivity index (χ2n) is 5.30. The quantitative estimate of drug-likeness (QED) is 0.861. The average molecular weight is 266 g/mol. The molecule has 1 heterocycles. The highest BCUT2D eigenvalue weighted by molar-refractivity contribution is 7.09. The summed E-state index contributed by atoms with van der Waals surface area (Å²) in [7, 11) is 0. The molecule has 0 aromatic carbocycles. The Bertz CT molecular complexity index is 369. The van der Waals surface area contributed by atoms with E-state index in [-0.39, 0.29) is 11.3 Å². The first-order chi connectivity index (χ1) is 8.74. The predicted molar refractivity (Wildman–Crippen MR) is 75.4 cm³/mol. The number of carbonyl (C=O) groups is 1. The van der Waals surface area contributed by atoms with Crippen molar-refractivity contribution in [2.75, 3.05) is 6.54 Å². The predicted octanol–water partition coefficient (Wildman–Crippen LogP) is 2.66. The molecule has 3 N–H and O–H groups in total. The third kappa shape index (κ3) is 3.56. The van der Waals surface area contributed by atoms with Gasteiger partial charge in [0.2, 0.25) is 5.91 Å². The van der Waals surface area contributed by atoms with Crippen molar-refractivity contribution in [3.63, 3.8) is 0 Å². The van der Waals surface area contributed by atoms with Crippen molar-refractivity contribution in [2.24, 2.45) is 11.1 Å². The number of rotatable bonds is 5. The molecule has 1 aliphatic carbocycles. The van der Waals surface area contributed by atoms with Crippen LogP contribution >= 0.6 is 11.3 Å². The van der Waals surface area contributed by atoms with Crippen LogP contribution in [0.3, 0.4) is 0 Å². The third-order valence-corrected chi connectivity index (χ3v) is 4.80. The summed E-state index contributed by atoms with van der Waals surface area (Å²) in [4.78, 5) is 13.2. The molecule has 18 heavy (non-hydrogen) atoms. The van der Waals surface area contributed by atoms with Gasteiger partial charge < -0.3 is 11.1 Å². The summed E-state index contributed by atoms with van der Waals surface area (Å²) in [6.45, 7) is 1.29. The lowest BCUT2D eigenvalue weighted by Gasteiger charge is -2.35. The van der Waals surface area contributed by atoms with E-state index in [1.165, 1.54) is 24.1 Å². The Labute approximate surface area is 113 Å². The molecule has 3 nitrogen and oxygen atoms in total. The van der Waals surface area contributed by atoms with E-state index < -0.39 is 0 Å². The van der Waals surface area contributed by atoms with Gasteiger partial charge in [-0.05, 0) is 36.2 Å². The van der Waals surface area contributed by atoms with Gasteiger partial charge in [-0.1, -0.05) is 25.3 Å². The molecule has 0 unspecified atom stereocenters. The lowest BCUT2D eigenvalue weighted by molar-refractivity contribution is -0.124. The Morgan fingerprint density at radius 2 is 2.17 bits per heavy atom. The first-order valence-corrected chi connectivity index (χ1v) is 7.61. The molecule has 1 fully saturated rings. The van der Waals surface area contributed by atoms with Crippen LogP contribution in [0.15, 0.2) is 17.5 Å². The van der Waals surface area contributed by atoms with E-state index in [4.69, 9.17) is 5.73 Å². The lowest BCUT2D eigenvalue weighted by atomic mass is 9.71. The van der Waals surface area contributed by atoms with Crippen LogP contribution in [-0.4, -0.2) is 12.5 Å². The minimum atomic E-state index is 0.0672. The van der Waals surface area contributed by atoms with Crippen LogP contribution in [0.2, 0.25) is 0 Å². The minimum Gasteiger partial charge on any atom is -0.351 e. The Hall–Kier alpha value is -0.870. The van der Waals surface area contributed by atoms with Gasteiger partial charge >= 0.3 is 0 Å². The SMILES string of the molecule is NCC1(CC(=O)NCc2cccs2)CCCCC1. The molecule has 2 rings (SSSR count). The Kier molecular flexibility index (Phi) is 4.78. The van der Waals surface area contributed by atoms with Crippen LogP contribution in [0.25, 0.3) is 0 Å². The molecule has 1 aromatic heterocycles. The largest absolute Gasteiger partial charge is 0.351 e. The maximum atomic E-state index is 12.0. The smallest absolute Gasteiger partial charge is 0.220 e. The van der Waals surface area contributed by atoms with Crippen molar-refractivity contribution in [1.29, 1.82) is 0 Å². The highest BCUT2D eigenvalue weighted by Crippen LogP contribution is 2.38. The molecule has 1 amide bonds. The third-order valence-electron chi connectivity index (χ3n) is 3.92. The number of nitrogens with one attached hydrogen (secondary N) is 1. The van der Waals surface area contributed by atoms with Crippen LogP contribution in [0.5, 0.6) is 0 Å². The monoisotopic (exact) mass is 266 g/mol. The van der Waals surface area contributed by atoms with Gasteiger partial charge in [-0.25, -0.2) is 0 Å². The zero-order valence-corrected chi connectivity index (χ0v) is 11.6. The fourth-order valence-electron chi connectivity index (χ4n) is 2.76. The van der Waals surface area contributed by atoms with Gasteiger partial charge in [-0.15, -0.1) is 11.3 Å². The van der Waals surface area contributed by atoms with Crippen LogP contribution < -0.4 is 11.1 Å². The molecule has 4 heteroatoms. The number of carbonyl (C=O) groups excluding carboxylic acids is 1. The number of hydrogen-bond acceptors (Lipinski definition) is 3. The van der Waals surface area contributed by atoms with Crippen molar-refractivity contribution < 1.29 is 4.79 Å². The van der Waals surface area contributed by atoms with Gasteiger partial charge in [0, 0.05) is 11.3 Å². The average Bonchev–Trinajstić information content (AvgIpc) is 2.91. The number of thiophene rings is 1. The van der Waals surface area contributed by atoms with Gasteiger partial charge in [-0.3, -0.25) is 4.79 Å². The Balaban J connectivity index is 1.81. The normalized spacial score (nSPS) is 18.5. The molecule has 0 saturated heterocycles. The van der Waals surface area contributed by atoms with Gasteiger partial charge in [0.15, 0.2) is 0 Å². The molecule has 1 aliphatic rings. The van der Waals surface area contributed by atoms with E-state index in [2.05, 4.69) is 5.32 Å². The zero-order valence-electron chi connectivity index (χ0n) is 10.8. The van der Waals surface area contributed by atoms with Crippen molar-refractivity contribution in [3.05, 3.63) is 22.4 Å². The fourth-order valence-corrected chi connectivity index (χ4v) is 3.40. The standard InChI is InChI=1S/C14H22N2OS/c15-11-14(6-2-1-3-7-14)9-13(17)16-10-12-5-4-8-18-12/h4-5,8H,1-3,6-7,9-11,15H2,(H,16,17). The summed E-state index contributed by atoms with van der Waals surface area (Å²) in [6, 6.07) is 4.05. The minimum absolute atomic E-state index is 0.0672. The summed E-state index contributed by atoms with van der Waals surface area (Å²) in [5.74, 6) is 0.149. The van der Waals surface area contributed by atoms with Gasteiger partial charge in [0.25, 0.3) is 0 Å². The van der Waals surface area contributed by atoms with Gasteiger partial charge in [0.05, 0.1) is 6.54 Å². The molecule has 0 bridgehead atoms. The summed E-state index contributed by atoms with van der Waals surface area (Å²) in [5, 5.41) is 5.04. The maximum Gasteiger partial charge on any atom is 0.220 e. The summed E-state index contributed by atoms with van der Waals surface area (Å²) < 4.78 is 0. The highest BCUT2D eigenvalue weighted by Gasteiger charge is 2.32. The number of hydrogen-bond donors (Lipinski definition) is 2. The van der Waals surface area contributed by atoms with Crippen LogP contribution in [0.4, 0.5) is 0 Å². The molecular formula is C14H22N2OS. The number of amides is 1. The first-order valence-electron chi connectivity index (χ1n) is 6.73. The van der Waals surface area contributed by atoms with E-state index in [1.807, 2.05) is 17.5 Å². The Morgan fingerprint density at radius 1 is 1.39 bits per heavy atom. The second kappa shape index (κ2) is 6.34. The topological polar surface area (TPSA) is 55.1 Å². The lowest BCUT2D eigenvalue weighted by Crippen LogP contribution is -2.38. The zero-order chi connectivity index (χ0) is 12.8. The Morgan fingerprint density at radius 3 is 2.78 bits per heavy atom.